The molecule has 1 amide bonds. The third-order valence-electron chi connectivity index (χ3n) is 4.21. The molecule has 8 heteroatoms. The SMILES string of the molecule is Cc1cccnc1C(=O)N1CCC[C@@H](c2ncc(C(F)(F)F)[nH]2)C1. The van der Waals surface area contributed by atoms with Crippen LogP contribution < -0.4 is 0 Å². The standard InChI is InChI=1S/C16H17F3N4O/c1-10-4-2-6-20-13(10)15(24)23-7-3-5-11(9-23)14-21-8-12(22-14)16(17,18)19/h2,4,6,8,11H,3,5,7,9H2,1H3,(H,21,22)/t11-/m1/s1. The number of aromatic nitrogens is 3. The number of rotatable bonds is 2. The van der Waals surface area contributed by atoms with Crippen molar-refractivity contribution in [3.05, 3.63) is 47.3 Å². The molecule has 1 saturated heterocycles. The lowest BCUT2D eigenvalue weighted by Gasteiger charge is -2.32. The highest BCUT2D eigenvalue weighted by molar-refractivity contribution is 5.93. The molecule has 0 saturated carbocycles. The summed E-state index contributed by atoms with van der Waals surface area (Å²) in [6.45, 7) is 2.71. The van der Waals surface area contributed by atoms with Gasteiger partial charge in [0, 0.05) is 25.2 Å². The summed E-state index contributed by atoms with van der Waals surface area (Å²) in [5.74, 6) is -0.152. The third kappa shape index (κ3) is 3.27. The van der Waals surface area contributed by atoms with Gasteiger partial charge in [-0.3, -0.25) is 9.78 Å². The van der Waals surface area contributed by atoms with Crippen molar-refractivity contribution < 1.29 is 18.0 Å². The normalized spacial score (nSPS) is 18.7. The topological polar surface area (TPSA) is 61.9 Å². The van der Waals surface area contributed by atoms with Gasteiger partial charge in [-0.1, -0.05) is 6.07 Å². The summed E-state index contributed by atoms with van der Waals surface area (Å²) >= 11 is 0. The number of alkyl halides is 3. The Bertz CT molecular complexity index is 741. The molecule has 24 heavy (non-hydrogen) atoms. The van der Waals surface area contributed by atoms with Crippen LogP contribution in [0.25, 0.3) is 0 Å². The van der Waals surface area contributed by atoms with Gasteiger partial charge in [-0.2, -0.15) is 13.2 Å². The predicted octanol–water partition coefficient (Wildman–Crippen LogP) is 3.15. The number of carbonyl (C=O) groups excluding carboxylic acids is 1. The quantitative estimate of drug-likeness (QED) is 0.915. The van der Waals surface area contributed by atoms with E-state index in [1.54, 1.807) is 17.2 Å². The number of piperidine rings is 1. The van der Waals surface area contributed by atoms with E-state index in [0.717, 1.165) is 11.8 Å². The fourth-order valence-corrected chi connectivity index (χ4v) is 2.93. The lowest BCUT2D eigenvalue weighted by Crippen LogP contribution is -2.40. The van der Waals surface area contributed by atoms with Gasteiger partial charge in [0.05, 0.1) is 6.20 Å². The van der Waals surface area contributed by atoms with E-state index in [1.807, 2.05) is 13.0 Å². The number of hydrogen-bond acceptors (Lipinski definition) is 3. The van der Waals surface area contributed by atoms with E-state index in [-0.39, 0.29) is 17.6 Å². The number of aryl methyl sites for hydroxylation is 1. The van der Waals surface area contributed by atoms with E-state index in [1.165, 1.54) is 0 Å². The molecule has 0 unspecified atom stereocenters. The molecule has 2 aromatic heterocycles. The number of halogens is 3. The lowest BCUT2D eigenvalue weighted by atomic mass is 9.97. The predicted molar refractivity (Wildman–Crippen MR) is 80.4 cm³/mol. The van der Waals surface area contributed by atoms with Crippen LogP contribution in [0.2, 0.25) is 0 Å². The second-order valence-corrected chi connectivity index (χ2v) is 5.94. The highest BCUT2D eigenvalue weighted by Gasteiger charge is 2.35. The van der Waals surface area contributed by atoms with Crippen LogP contribution in [-0.4, -0.2) is 38.8 Å². The Morgan fingerprint density at radius 1 is 1.38 bits per heavy atom. The summed E-state index contributed by atoms with van der Waals surface area (Å²) in [6, 6.07) is 3.57. The Hall–Kier alpha value is -2.38. The zero-order valence-electron chi connectivity index (χ0n) is 13.1. The fraction of sp³-hybridized carbons (Fsp3) is 0.438. The first-order valence-corrected chi connectivity index (χ1v) is 7.69. The number of nitrogens with one attached hydrogen (secondary N) is 1. The van der Waals surface area contributed by atoms with Crippen LogP contribution in [0.4, 0.5) is 13.2 Å². The molecule has 0 aromatic carbocycles. The number of H-pyrrole nitrogens is 1. The number of amides is 1. The maximum Gasteiger partial charge on any atom is 0.432 e. The molecule has 0 aliphatic carbocycles. The highest BCUT2D eigenvalue weighted by Crippen LogP contribution is 2.31. The summed E-state index contributed by atoms with van der Waals surface area (Å²) in [4.78, 5) is 24.6. The second-order valence-electron chi connectivity index (χ2n) is 5.94. The third-order valence-corrected chi connectivity index (χ3v) is 4.21. The molecule has 1 atom stereocenters. The van der Waals surface area contributed by atoms with E-state index < -0.39 is 11.9 Å². The number of imidazole rings is 1. The Kier molecular flexibility index (Phi) is 4.29. The Balaban J connectivity index is 1.76. The van der Waals surface area contributed by atoms with Gasteiger partial charge in [0.15, 0.2) is 0 Å². The van der Waals surface area contributed by atoms with Crippen molar-refractivity contribution in [2.75, 3.05) is 13.1 Å². The minimum Gasteiger partial charge on any atom is -0.338 e. The highest BCUT2D eigenvalue weighted by atomic mass is 19.4. The smallest absolute Gasteiger partial charge is 0.338 e. The van der Waals surface area contributed by atoms with Crippen LogP contribution in [0.15, 0.2) is 24.5 Å². The van der Waals surface area contributed by atoms with Gasteiger partial charge in [-0.15, -0.1) is 0 Å². The van der Waals surface area contributed by atoms with Gasteiger partial charge < -0.3 is 9.88 Å². The van der Waals surface area contributed by atoms with Crippen LogP contribution in [0, 0.1) is 6.92 Å². The monoisotopic (exact) mass is 338 g/mol. The van der Waals surface area contributed by atoms with Gasteiger partial charge in [0.2, 0.25) is 0 Å². The van der Waals surface area contributed by atoms with Crippen molar-refractivity contribution in [2.45, 2.75) is 31.9 Å². The van der Waals surface area contributed by atoms with Crippen LogP contribution in [-0.2, 0) is 6.18 Å². The minimum absolute atomic E-state index is 0.194. The Labute approximate surface area is 136 Å². The molecule has 0 spiro atoms. The van der Waals surface area contributed by atoms with Crippen molar-refractivity contribution in [1.29, 1.82) is 0 Å². The van der Waals surface area contributed by atoms with E-state index in [2.05, 4.69) is 15.0 Å². The molecule has 5 nitrogen and oxygen atoms in total. The molecule has 3 rings (SSSR count). The van der Waals surface area contributed by atoms with E-state index >= 15 is 0 Å². The maximum absolute atomic E-state index is 12.7. The molecule has 0 bridgehead atoms. The zero-order chi connectivity index (χ0) is 17.3. The molecule has 1 fully saturated rings. The van der Waals surface area contributed by atoms with Crippen molar-refractivity contribution in [3.63, 3.8) is 0 Å². The van der Waals surface area contributed by atoms with Crippen molar-refractivity contribution >= 4 is 5.91 Å². The van der Waals surface area contributed by atoms with Crippen LogP contribution in [0.5, 0.6) is 0 Å². The Morgan fingerprint density at radius 2 is 2.17 bits per heavy atom. The summed E-state index contributed by atoms with van der Waals surface area (Å²) in [5, 5.41) is 0. The minimum atomic E-state index is -4.44. The van der Waals surface area contributed by atoms with E-state index in [0.29, 0.717) is 31.6 Å². The number of carbonyl (C=O) groups is 1. The molecule has 1 aliphatic heterocycles. The largest absolute Gasteiger partial charge is 0.432 e. The Morgan fingerprint density at radius 3 is 2.83 bits per heavy atom. The van der Waals surface area contributed by atoms with Crippen molar-refractivity contribution in [1.82, 2.24) is 19.9 Å². The first-order valence-electron chi connectivity index (χ1n) is 7.69. The van der Waals surface area contributed by atoms with Gasteiger partial charge in [-0.05, 0) is 31.4 Å². The summed E-state index contributed by atoms with van der Waals surface area (Å²) < 4.78 is 38.1. The molecule has 1 aliphatic rings. The summed E-state index contributed by atoms with van der Waals surface area (Å²) in [7, 11) is 0. The average Bonchev–Trinajstić information content (AvgIpc) is 3.05. The van der Waals surface area contributed by atoms with E-state index in [4.69, 9.17) is 0 Å². The maximum atomic E-state index is 12.7. The van der Waals surface area contributed by atoms with Gasteiger partial charge in [-0.25, -0.2) is 4.98 Å². The first kappa shape index (κ1) is 16.5. The van der Waals surface area contributed by atoms with Gasteiger partial charge in [0.25, 0.3) is 5.91 Å². The van der Waals surface area contributed by atoms with Crippen LogP contribution in [0.1, 0.15) is 46.3 Å². The molecule has 128 valence electrons. The molecule has 0 radical (unpaired) electrons. The van der Waals surface area contributed by atoms with Crippen LogP contribution >= 0.6 is 0 Å². The summed E-state index contributed by atoms with van der Waals surface area (Å²) in [6.07, 6.45) is -0.677. The van der Waals surface area contributed by atoms with Gasteiger partial charge >= 0.3 is 6.18 Å². The van der Waals surface area contributed by atoms with Crippen molar-refractivity contribution in [3.8, 4) is 0 Å². The molecule has 1 N–H and O–H groups in total. The number of pyridine rings is 1. The first-order chi connectivity index (χ1) is 11.4. The summed E-state index contributed by atoms with van der Waals surface area (Å²) in [5.41, 5.74) is 0.303. The number of aromatic amines is 1. The average molecular weight is 338 g/mol. The fourth-order valence-electron chi connectivity index (χ4n) is 2.93. The molecule has 2 aromatic rings. The molecule has 3 heterocycles. The zero-order valence-corrected chi connectivity index (χ0v) is 13.1. The lowest BCUT2D eigenvalue weighted by molar-refractivity contribution is -0.141. The van der Waals surface area contributed by atoms with Crippen molar-refractivity contribution in [2.24, 2.45) is 0 Å². The van der Waals surface area contributed by atoms with Crippen LogP contribution in [0.3, 0.4) is 0 Å². The number of nitrogens with zero attached hydrogens (tertiary/aromatic N) is 3. The molecular weight excluding hydrogens is 321 g/mol. The molecular formula is C16H17F3N4O. The van der Waals surface area contributed by atoms with Gasteiger partial charge in [0.1, 0.15) is 17.2 Å². The number of likely N-dealkylation sites (tertiary alicyclic amines) is 1. The van der Waals surface area contributed by atoms with E-state index in [9.17, 15) is 18.0 Å². The second kappa shape index (κ2) is 6.26. The number of hydrogen-bond donors (Lipinski definition) is 1.